The summed E-state index contributed by atoms with van der Waals surface area (Å²) < 4.78 is 0. The molecule has 1 aromatic heterocycles. The van der Waals surface area contributed by atoms with Gasteiger partial charge < -0.3 is 4.98 Å². The first-order valence-electron chi connectivity index (χ1n) is 13.1. The molecule has 2 atom stereocenters. The van der Waals surface area contributed by atoms with Crippen molar-refractivity contribution >= 4 is 0 Å². The number of nitrogens with one attached hydrogen (secondary N) is 1. The molecule has 1 N–H and O–H groups in total. The Hall–Kier alpha value is -0.790. The third-order valence-corrected chi connectivity index (χ3v) is 6.79. The van der Waals surface area contributed by atoms with Crippen molar-refractivity contribution in [2.75, 3.05) is 0 Å². The summed E-state index contributed by atoms with van der Waals surface area (Å²) in [4.78, 5) is 8.34. The van der Waals surface area contributed by atoms with Gasteiger partial charge in [0.2, 0.25) is 0 Å². The number of aromatic nitrogens is 2. The van der Waals surface area contributed by atoms with E-state index in [2.05, 4.69) is 39.6 Å². The first-order valence-corrected chi connectivity index (χ1v) is 13.1. The van der Waals surface area contributed by atoms with Crippen molar-refractivity contribution in [1.82, 2.24) is 9.97 Å². The van der Waals surface area contributed by atoms with Crippen LogP contribution in [0.3, 0.4) is 0 Å². The highest BCUT2D eigenvalue weighted by atomic mass is 14.9. The first-order chi connectivity index (χ1) is 14.1. The second-order valence-corrected chi connectivity index (χ2v) is 9.75. The summed E-state index contributed by atoms with van der Waals surface area (Å²) in [5.41, 5.74) is 1.20. The average Bonchev–Trinajstić information content (AvgIpc) is 3.12. The highest BCUT2D eigenvalue weighted by molar-refractivity contribution is 5.06. The number of imidazole rings is 1. The summed E-state index contributed by atoms with van der Waals surface area (Å²) in [6, 6.07) is 0. The van der Waals surface area contributed by atoms with E-state index in [-0.39, 0.29) is 0 Å². The molecule has 0 aliphatic carbocycles. The van der Waals surface area contributed by atoms with Gasteiger partial charge in [-0.05, 0) is 18.8 Å². The fourth-order valence-corrected chi connectivity index (χ4v) is 4.91. The Labute approximate surface area is 183 Å². The van der Waals surface area contributed by atoms with E-state index in [1.54, 1.807) is 0 Å². The molecule has 29 heavy (non-hydrogen) atoms. The zero-order valence-electron chi connectivity index (χ0n) is 20.6. The largest absolute Gasteiger partial charge is 0.346 e. The molecule has 0 saturated carbocycles. The van der Waals surface area contributed by atoms with Crippen LogP contribution in [0.1, 0.15) is 148 Å². The van der Waals surface area contributed by atoms with Crippen LogP contribution in [0, 0.1) is 18.8 Å². The van der Waals surface area contributed by atoms with Crippen LogP contribution in [0.4, 0.5) is 0 Å². The predicted molar refractivity (Wildman–Crippen MR) is 130 cm³/mol. The van der Waals surface area contributed by atoms with E-state index in [1.807, 2.05) is 6.20 Å². The van der Waals surface area contributed by atoms with Gasteiger partial charge >= 0.3 is 0 Å². The summed E-state index contributed by atoms with van der Waals surface area (Å²) in [5, 5.41) is 0. The van der Waals surface area contributed by atoms with Gasteiger partial charge in [0, 0.05) is 17.8 Å². The monoisotopic (exact) mass is 404 g/mol. The van der Waals surface area contributed by atoms with Gasteiger partial charge in [0.1, 0.15) is 5.82 Å². The number of aryl methyl sites for hydroxylation is 1. The van der Waals surface area contributed by atoms with Crippen LogP contribution >= 0.6 is 0 Å². The van der Waals surface area contributed by atoms with Crippen molar-refractivity contribution in [3.05, 3.63) is 17.7 Å². The Morgan fingerprint density at radius 2 is 1.10 bits per heavy atom. The maximum Gasteiger partial charge on any atom is 0.109 e. The molecule has 2 heteroatoms. The standard InChI is InChI=1S/C27H52N2/c1-6-8-10-12-14-16-18-20-23(3)26(27-28-22-25(5)29-27)24(4)21-19-17-15-13-11-9-7-2/h22-24,26H,6-21H2,1-5H3,(H,28,29). The SMILES string of the molecule is CCCCCCCCCC(C)C(c1ncc(C)[nH]1)C(C)CCCCCCCCC. The fourth-order valence-electron chi connectivity index (χ4n) is 4.91. The van der Waals surface area contributed by atoms with E-state index in [1.165, 1.54) is 114 Å². The van der Waals surface area contributed by atoms with E-state index in [0.29, 0.717) is 5.92 Å². The molecule has 0 amide bonds. The normalized spacial score (nSPS) is 14.8. The molecule has 1 heterocycles. The molecule has 0 aromatic carbocycles. The van der Waals surface area contributed by atoms with Gasteiger partial charge in [-0.2, -0.15) is 0 Å². The van der Waals surface area contributed by atoms with Gasteiger partial charge in [-0.25, -0.2) is 4.98 Å². The van der Waals surface area contributed by atoms with Crippen LogP contribution in [-0.2, 0) is 0 Å². The van der Waals surface area contributed by atoms with E-state index < -0.39 is 0 Å². The third kappa shape index (κ3) is 11.8. The Kier molecular flexibility index (Phi) is 15.3. The number of hydrogen-bond acceptors (Lipinski definition) is 1. The lowest BCUT2D eigenvalue weighted by atomic mass is 9.78. The molecule has 1 rings (SSSR count). The van der Waals surface area contributed by atoms with Crippen LogP contribution in [-0.4, -0.2) is 9.97 Å². The number of rotatable bonds is 19. The third-order valence-electron chi connectivity index (χ3n) is 6.79. The van der Waals surface area contributed by atoms with Gasteiger partial charge in [0.05, 0.1) is 0 Å². The minimum atomic E-state index is 0.587. The van der Waals surface area contributed by atoms with Crippen molar-refractivity contribution in [3.8, 4) is 0 Å². The summed E-state index contributed by atoms with van der Waals surface area (Å²) in [6.45, 7) is 11.7. The number of aromatic amines is 1. The first kappa shape index (κ1) is 26.2. The lowest BCUT2D eigenvalue weighted by Crippen LogP contribution is -2.19. The molecule has 2 nitrogen and oxygen atoms in total. The highest BCUT2D eigenvalue weighted by Crippen LogP contribution is 2.36. The van der Waals surface area contributed by atoms with Gasteiger partial charge in [0.15, 0.2) is 0 Å². The summed E-state index contributed by atoms with van der Waals surface area (Å²) in [6.07, 6.45) is 24.4. The van der Waals surface area contributed by atoms with Crippen LogP contribution in [0.25, 0.3) is 0 Å². The van der Waals surface area contributed by atoms with Crippen molar-refractivity contribution in [1.29, 1.82) is 0 Å². The van der Waals surface area contributed by atoms with Crippen molar-refractivity contribution in [3.63, 3.8) is 0 Å². The molecule has 0 fully saturated rings. The molecule has 1 aromatic rings. The Morgan fingerprint density at radius 1 is 0.690 bits per heavy atom. The lowest BCUT2D eigenvalue weighted by Gasteiger charge is -2.28. The van der Waals surface area contributed by atoms with Gasteiger partial charge in [-0.3, -0.25) is 0 Å². The van der Waals surface area contributed by atoms with Gasteiger partial charge in [-0.15, -0.1) is 0 Å². The number of nitrogens with zero attached hydrogens (tertiary/aromatic N) is 1. The summed E-state index contributed by atoms with van der Waals surface area (Å²) in [7, 11) is 0. The Morgan fingerprint density at radius 3 is 1.48 bits per heavy atom. The maximum atomic E-state index is 4.76. The second-order valence-electron chi connectivity index (χ2n) is 9.75. The topological polar surface area (TPSA) is 28.7 Å². The summed E-state index contributed by atoms with van der Waals surface area (Å²) in [5.74, 6) is 3.27. The number of hydrogen-bond donors (Lipinski definition) is 1. The van der Waals surface area contributed by atoms with Crippen LogP contribution in [0.2, 0.25) is 0 Å². The molecule has 2 unspecified atom stereocenters. The van der Waals surface area contributed by atoms with Crippen molar-refractivity contribution in [2.24, 2.45) is 11.8 Å². The molecular formula is C27H52N2. The fraction of sp³-hybridized carbons (Fsp3) is 0.889. The van der Waals surface area contributed by atoms with Crippen molar-refractivity contribution < 1.29 is 0 Å². The molecule has 0 aliphatic rings. The van der Waals surface area contributed by atoms with Crippen LogP contribution in [0.5, 0.6) is 0 Å². The van der Waals surface area contributed by atoms with E-state index >= 15 is 0 Å². The molecule has 0 saturated heterocycles. The highest BCUT2D eigenvalue weighted by Gasteiger charge is 2.27. The van der Waals surface area contributed by atoms with E-state index in [4.69, 9.17) is 4.98 Å². The van der Waals surface area contributed by atoms with Gasteiger partial charge in [-0.1, -0.05) is 130 Å². The lowest BCUT2D eigenvalue weighted by molar-refractivity contribution is 0.290. The molecule has 0 aliphatic heterocycles. The molecular weight excluding hydrogens is 352 g/mol. The van der Waals surface area contributed by atoms with Crippen LogP contribution < -0.4 is 0 Å². The Balaban J connectivity index is 2.41. The smallest absolute Gasteiger partial charge is 0.109 e. The molecule has 0 bridgehead atoms. The van der Waals surface area contributed by atoms with Crippen LogP contribution in [0.15, 0.2) is 6.20 Å². The summed E-state index contributed by atoms with van der Waals surface area (Å²) >= 11 is 0. The van der Waals surface area contributed by atoms with E-state index in [9.17, 15) is 0 Å². The van der Waals surface area contributed by atoms with Gasteiger partial charge in [0.25, 0.3) is 0 Å². The minimum Gasteiger partial charge on any atom is -0.346 e. The van der Waals surface area contributed by atoms with E-state index in [0.717, 1.165) is 11.8 Å². The van der Waals surface area contributed by atoms with Crippen molar-refractivity contribution in [2.45, 2.75) is 143 Å². The Bertz CT molecular complexity index is 455. The minimum absolute atomic E-state index is 0.587. The predicted octanol–water partition coefficient (Wildman–Crippen LogP) is 9.36. The molecule has 170 valence electrons. The zero-order chi connectivity index (χ0) is 21.3. The quantitative estimate of drug-likeness (QED) is 0.228. The molecule has 0 radical (unpaired) electrons. The zero-order valence-corrected chi connectivity index (χ0v) is 20.6. The maximum absolute atomic E-state index is 4.76. The number of unbranched alkanes of at least 4 members (excludes halogenated alkanes) is 12. The number of H-pyrrole nitrogens is 1. The second kappa shape index (κ2) is 16.9. The molecule has 0 spiro atoms. The average molecular weight is 405 g/mol.